The van der Waals surface area contributed by atoms with Crippen LogP contribution in [0.15, 0.2) is 60.9 Å². The van der Waals surface area contributed by atoms with Crippen molar-refractivity contribution in [2.45, 2.75) is 13.5 Å². The lowest BCUT2D eigenvalue weighted by molar-refractivity contribution is -0.108. The van der Waals surface area contributed by atoms with E-state index in [0.29, 0.717) is 17.8 Å². The molecule has 0 saturated carbocycles. The predicted molar refractivity (Wildman–Crippen MR) is 93.1 cm³/mol. The first kappa shape index (κ1) is 16.1. The fourth-order valence-corrected chi connectivity index (χ4v) is 2.82. The van der Waals surface area contributed by atoms with E-state index in [1.807, 2.05) is 60.0 Å². The zero-order chi connectivity index (χ0) is 17.1. The number of aromatic nitrogens is 2. The highest BCUT2D eigenvalue weighted by atomic mass is 35.5. The molecule has 0 fully saturated rings. The number of nitrogens with zero attached hydrogens (tertiary/aromatic N) is 2. The average Bonchev–Trinajstić information content (AvgIpc) is 2.92. The third kappa shape index (κ3) is 3.14. The normalized spacial score (nSPS) is 10.6. The molecule has 0 spiro atoms. The summed E-state index contributed by atoms with van der Waals surface area (Å²) in [6, 6.07) is 15.1. The zero-order valence-corrected chi connectivity index (χ0v) is 13.8. The molecular formula is C19H15ClN2O2. The number of Topliss-reactive ketones (excluding diaryl/α,β-unsaturated/α-hetero) is 1. The summed E-state index contributed by atoms with van der Waals surface area (Å²) in [6.07, 6.45) is 3.42. The van der Waals surface area contributed by atoms with Gasteiger partial charge in [0.05, 0.1) is 0 Å². The van der Waals surface area contributed by atoms with Crippen molar-refractivity contribution in [3.63, 3.8) is 0 Å². The number of rotatable bonds is 5. The number of hydrogen-bond donors (Lipinski definition) is 0. The van der Waals surface area contributed by atoms with Gasteiger partial charge in [-0.1, -0.05) is 36.4 Å². The maximum absolute atomic E-state index is 12.4. The fraction of sp³-hybridized carbons (Fsp3) is 0.105. The zero-order valence-electron chi connectivity index (χ0n) is 13.1. The van der Waals surface area contributed by atoms with Crippen LogP contribution in [0.25, 0.3) is 11.1 Å². The number of benzene rings is 1. The first-order valence-electron chi connectivity index (χ1n) is 7.46. The standard InChI is InChI=1S/C19H15ClN2O2/c1-13-10-16(15-7-3-2-4-8-15)17(18(23)19(20)24)22(13)12-14-6-5-9-21-11-14/h2-11H,12H2,1H3. The molecule has 0 aliphatic carbocycles. The molecule has 0 aliphatic heterocycles. The van der Waals surface area contributed by atoms with Gasteiger partial charge in [-0.05, 0) is 41.8 Å². The summed E-state index contributed by atoms with van der Waals surface area (Å²) in [5.41, 5.74) is 3.69. The Morgan fingerprint density at radius 1 is 1.12 bits per heavy atom. The van der Waals surface area contributed by atoms with Crippen LogP contribution >= 0.6 is 11.6 Å². The van der Waals surface area contributed by atoms with Crippen LogP contribution in [0.4, 0.5) is 0 Å². The van der Waals surface area contributed by atoms with Gasteiger partial charge in [0.2, 0.25) is 0 Å². The summed E-state index contributed by atoms with van der Waals surface area (Å²) < 4.78 is 1.81. The molecule has 5 heteroatoms. The maximum Gasteiger partial charge on any atom is 0.294 e. The van der Waals surface area contributed by atoms with Crippen LogP contribution in [0.3, 0.4) is 0 Å². The molecule has 0 amide bonds. The Hall–Kier alpha value is -2.72. The molecule has 0 atom stereocenters. The van der Waals surface area contributed by atoms with Gasteiger partial charge in [0, 0.05) is 30.2 Å². The molecule has 24 heavy (non-hydrogen) atoms. The first-order valence-corrected chi connectivity index (χ1v) is 7.84. The molecule has 0 aliphatic rings. The second kappa shape index (κ2) is 6.81. The first-order chi connectivity index (χ1) is 11.6. The maximum atomic E-state index is 12.4. The monoisotopic (exact) mass is 338 g/mol. The summed E-state index contributed by atoms with van der Waals surface area (Å²) in [7, 11) is 0. The average molecular weight is 339 g/mol. The summed E-state index contributed by atoms with van der Waals surface area (Å²) in [5, 5.41) is -0.988. The van der Waals surface area contributed by atoms with Gasteiger partial charge in [-0.2, -0.15) is 0 Å². The minimum atomic E-state index is -0.988. The van der Waals surface area contributed by atoms with E-state index in [1.165, 1.54) is 0 Å². The van der Waals surface area contributed by atoms with E-state index in [4.69, 9.17) is 11.6 Å². The Labute approximate surface area is 144 Å². The van der Waals surface area contributed by atoms with Crippen molar-refractivity contribution in [1.29, 1.82) is 0 Å². The van der Waals surface area contributed by atoms with Gasteiger partial charge in [0.15, 0.2) is 0 Å². The predicted octanol–water partition coefficient (Wildman–Crippen LogP) is 3.85. The summed E-state index contributed by atoms with van der Waals surface area (Å²) in [6.45, 7) is 2.34. The highest BCUT2D eigenvalue weighted by Gasteiger charge is 2.25. The van der Waals surface area contributed by atoms with Crippen molar-refractivity contribution >= 4 is 22.6 Å². The van der Waals surface area contributed by atoms with Gasteiger partial charge >= 0.3 is 0 Å². The molecule has 3 aromatic rings. The summed E-state index contributed by atoms with van der Waals surface area (Å²) in [4.78, 5) is 28.1. The number of carbonyl (C=O) groups excluding carboxylic acids is 2. The Kier molecular flexibility index (Phi) is 4.58. The van der Waals surface area contributed by atoms with Crippen LogP contribution < -0.4 is 0 Å². The quantitative estimate of drug-likeness (QED) is 0.403. The van der Waals surface area contributed by atoms with Gasteiger partial charge in [-0.25, -0.2) is 0 Å². The Bertz CT molecular complexity index is 886. The molecule has 0 N–H and O–H groups in total. The van der Waals surface area contributed by atoms with E-state index >= 15 is 0 Å². The largest absolute Gasteiger partial charge is 0.337 e. The van der Waals surface area contributed by atoms with Crippen molar-refractivity contribution in [3.05, 3.63) is 77.9 Å². The van der Waals surface area contributed by atoms with Gasteiger partial charge < -0.3 is 4.57 Å². The Morgan fingerprint density at radius 3 is 2.50 bits per heavy atom. The minimum Gasteiger partial charge on any atom is -0.337 e. The van der Waals surface area contributed by atoms with Gasteiger partial charge in [-0.15, -0.1) is 0 Å². The van der Waals surface area contributed by atoms with Crippen LogP contribution in [0.5, 0.6) is 0 Å². The molecule has 0 radical (unpaired) electrons. The summed E-state index contributed by atoms with van der Waals surface area (Å²) >= 11 is 5.49. The molecule has 0 saturated heterocycles. The van der Waals surface area contributed by atoms with Crippen molar-refractivity contribution in [2.75, 3.05) is 0 Å². The lowest BCUT2D eigenvalue weighted by Crippen LogP contribution is -2.16. The lowest BCUT2D eigenvalue weighted by Gasteiger charge is -2.11. The molecule has 4 nitrogen and oxygen atoms in total. The van der Waals surface area contributed by atoms with Gasteiger partial charge in [0.25, 0.3) is 11.0 Å². The highest BCUT2D eigenvalue weighted by Crippen LogP contribution is 2.29. The van der Waals surface area contributed by atoms with Crippen LogP contribution in [0.1, 0.15) is 21.7 Å². The second-order valence-electron chi connectivity index (χ2n) is 5.46. The lowest BCUT2D eigenvalue weighted by atomic mass is 10.0. The molecule has 2 aromatic heterocycles. The van der Waals surface area contributed by atoms with Crippen LogP contribution in [0.2, 0.25) is 0 Å². The third-order valence-corrected chi connectivity index (χ3v) is 4.02. The molecule has 2 heterocycles. The molecule has 1 aromatic carbocycles. The second-order valence-corrected chi connectivity index (χ2v) is 5.81. The molecule has 3 rings (SSSR count). The highest BCUT2D eigenvalue weighted by molar-refractivity contribution is 6.83. The molecule has 0 bridgehead atoms. The number of hydrogen-bond acceptors (Lipinski definition) is 3. The molecule has 120 valence electrons. The van der Waals surface area contributed by atoms with Crippen molar-refractivity contribution < 1.29 is 9.59 Å². The number of aryl methyl sites for hydroxylation is 1. The van der Waals surface area contributed by atoms with Crippen molar-refractivity contribution in [1.82, 2.24) is 9.55 Å². The van der Waals surface area contributed by atoms with Crippen molar-refractivity contribution in [3.8, 4) is 11.1 Å². The third-order valence-electron chi connectivity index (χ3n) is 3.85. The number of pyridine rings is 1. The number of carbonyl (C=O) groups is 2. The number of halogens is 1. The van der Waals surface area contributed by atoms with E-state index in [-0.39, 0.29) is 0 Å². The summed E-state index contributed by atoms with van der Waals surface area (Å²) in [5.74, 6) is -0.701. The van der Waals surface area contributed by atoms with E-state index in [2.05, 4.69) is 4.98 Å². The van der Waals surface area contributed by atoms with Crippen LogP contribution in [-0.4, -0.2) is 20.6 Å². The van der Waals surface area contributed by atoms with Crippen LogP contribution in [0, 0.1) is 6.92 Å². The van der Waals surface area contributed by atoms with E-state index < -0.39 is 11.0 Å². The topological polar surface area (TPSA) is 52.0 Å². The van der Waals surface area contributed by atoms with Crippen molar-refractivity contribution in [2.24, 2.45) is 0 Å². The minimum absolute atomic E-state index is 0.308. The SMILES string of the molecule is Cc1cc(-c2ccccc2)c(C(=O)C(=O)Cl)n1Cc1cccnc1. The fourth-order valence-electron chi connectivity index (χ4n) is 2.73. The van der Waals surface area contributed by atoms with E-state index in [9.17, 15) is 9.59 Å². The smallest absolute Gasteiger partial charge is 0.294 e. The Balaban J connectivity index is 2.16. The molecule has 0 unspecified atom stereocenters. The number of ketones is 1. The van der Waals surface area contributed by atoms with E-state index in [1.54, 1.807) is 12.4 Å². The van der Waals surface area contributed by atoms with Gasteiger partial charge in [0.1, 0.15) is 5.69 Å². The van der Waals surface area contributed by atoms with Gasteiger partial charge in [-0.3, -0.25) is 14.6 Å². The Morgan fingerprint density at radius 2 is 1.88 bits per heavy atom. The van der Waals surface area contributed by atoms with Crippen LogP contribution in [-0.2, 0) is 11.3 Å². The molecular weight excluding hydrogens is 324 g/mol. The van der Waals surface area contributed by atoms with E-state index in [0.717, 1.165) is 16.8 Å².